The number of anilines is 2. The number of thioether (sulfide) groups is 1. The lowest BCUT2D eigenvalue weighted by molar-refractivity contribution is -0.121. The first kappa shape index (κ1) is 18.0. The third-order valence-electron chi connectivity index (χ3n) is 4.17. The van der Waals surface area contributed by atoms with E-state index < -0.39 is 17.1 Å². The minimum Gasteiger partial charge on any atom is -0.508 e. The van der Waals surface area contributed by atoms with Crippen LogP contribution in [0.25, 0.3) is 0 Å². The highest BCUT2D eigenvalue weighted by molar-refractivity contribution is 8.15. The molecule has 1 heterocycles. The van der Waals surface area contributed by atoms with Crippen molar-refractivity contribution in [1.82, 2.24) is 0 Å². The Balaban J connectivity index is 1.70. The molecule has 2 N–H and O–H groups in total. The van der Waals surface area contributed by atoms with Crippen LogP contribution in [0, 0.1) is 13.8 Å². The van der Waals surface area contributed by atoms with Gasteiger partial charge in [-0.15, -0.1) is 0 Å². The Labute approximate surface area is 155 Å². The molecule has 0 radical (unpaired) electrons. The fourth-order valence-corrected chi connectivity index (χ4v) is 3.63. The molecule has 1 aliphatic heterocycles. The average Bonchev–Trinajstić information content (AvgIpc) is 2.84. The molecule has 3 amide bonds. The molecule has 26 heavy (non-hydrogen) atoms. The predicted octanol–water partition coefficient (Wildman–Crippen LogP) is 3.61. The third kappa shape index (κ3) is 3.72. The van der Waals surface area contributed by atoms with Crippen molar-refractivity contribution >= 4 is 40.2 Å². The maximum atomic E-state index is 12.6. The fourth-order valence-electron chi connectivity index (χ4n) is 2.65. The summed E-state index contributed by atoms with van der Waals surface area (Å²) in [5.41, 5.74) is 3.01. The van der Waals surface area contributed by atoms with E-state index in [1.54, 1.807) is 24.3 Å². The Hall–Kier alpha value is -2.80. The quantitative estimate of drug-likeness (QED) is 0.859. The largest absolute Gasteiger partial charge is 0.508 e. The molecule has 2 aromatic rings. The van der Waals surface area contributed by atoms with Gasteiger partial charge in [0, 0.05) is 18.2 Å². The predicted molar refractivity (Wildman–Crippen MR) is 102 cm³/mol. The van der Waals surface area contributed by atoms with E-state index in [9.17, 15) is 19.5 Å². The lowest BCUT2D eigenvalue weighted by Crippen LogP contribution is -2.33. The van der Waals surface area contributed by atoms with Crippen LogP contribution in [-0.2, 0) is 9.59 Å². The van der Waals surface area contributed by atoms with Gasteiger partial charge < -0.3 is 10.4 Å². The van der Waals surface area contributed by atoms with Gasteiger partial charge >= 0.3 is 0 Å². The summed E-state index contributed by atoms with van der Waals surface area (Å²) < 4.78 is 0. The number of nitrogens with zero attached hydrogens (tertiary/aromatic N) is 1. The Bertz CT molecular complexity index is 897. The zero-order valence-corrected chi connectivity index (χ0v) is 15.2. The first-order valence-electron chi connectivity index (χ1n) is 8.06. The number of aromatic hydroxyl groups is 1. The molecule has 0 bridgehead atoms. The maximum absolute atomic E-state index is 12.6. The van der Waals surface area contributed by atoms with Gasteiger partial charge in [-0.05, 0) is 61.0 Å². The molecule has 0 aliphatic carbocycles. The minimum absolute atomic E-state index is 0.0326. The summed E-state index contributed by atoms with van der Waals surface area (Å²) in [6.45, 7) is 3.87. The molecule has 0 aromatic heterocycles. The maximum Gasteiger partial charge on any atom is 0.293 e. The first-order valence-corrected chi connectivity index (χ1v) is 8.94. The number of phenolic OH excluding ortho intramolecular Hbond substituents is 1. The number of carbonyl (C=O) groups is 3. The van der Waals surface area contributed by atoms with Crippen LogP contribution in [0.2, 0.25) is 0 Å². The number of hydrogen-bond donors (Lipinski definition) is 2. The second-order valence-electron chi connectivity index (χ2n) is 6.12. The van der Waals surface area contributed by atoms with E-state index >= 15 is 0 Å². The second kappa shape index (κ2) is 7.21. The van der Waals surface area contributed by atoms with Gasteiger partial charge in [-0.1, -0.05) is 12.1 Å². The van der Waals surface area contributed by atoms with E-state index in [1.807, 2.05) is 19.9 Å². The molecular weight excluding hydrogens is 352 g/mol. The lowest BCUT2D eigenvalue weighted by atomic mass is 10.1. The van der Waals surface area contributed by atoms with Crippen LogP contribution >= 0.6 is 11.8 Å². The van der Waals surface area contributed by atoms with Gasteiger partial charge in [0.1, 0.15) is 11.0 Å². The number of imide groups is 1. The van der Waals surface area contributed by atoms with Gasteiger partial charge in [-0.25, -0.2) is 4.90 Å². The number of benzene rings is 2. The molecule has 6 nitrogen and oxygen atoms in total. The Morgan fingerprint density at radius 1 is 1.15 bits per heavy atom. The highest BCUT2D eigenvalue weighted by atomic mass is 32.2. The third-order valence-corrected chi connectivity index (χ3v) is 5.21. The van der Waals surface area contributed by atoms with Crippen molar-refractivity contribution < 1.29 is 19.5 Å². The van der Waals surface area contributed by atoms with Crippen LogP contribution in [0.15, 0.2) is 42.5 Å². The van der Waals surface area contributed by atoms with Crippen molar-refractivity contribution in [3.05, 3.63) is 53.6 Å². The van der Waals surface area contributed by atoms with Crippen LogP contribution < -0.4 is 10.2 Å². The van der Waals surface area contributed by atoms with Gasteiger partial charge in [-0.3, -0.25) is 14.4 Å². The normalized spacial score (nSPS) is 16.8. The standard InChI is InChI=1S/C19H18N2O4S/c1-11-6-7-14(8-12(11)2)21-18(24)16(26-19(21)25)10-17(23)20-13-4-3-5-15(22)9-13/h3-9,16,22H,10H2,1-2H3,(H,20,23). The summed E-state index contributed by atoms with van der Waals surface area (Å²) in [6.07, 6.45) is -0.119. The molecule has 134 valence electrons. The number of amides is 3. The van der Waals surface area contributed by atoms with Crippen LogP contribution in [0.5, 0.6) is 5.75 Å². The molecule has 1 atom stereocenters. The van der Waals surface area contributed by atoms with Gasteiger partial charge in [0.2, 0.25) is 11.8 Å². The summed E-state index contributed by atoms with van der Waals surface area (Å²) in [7, 11) is 0. The second-order valence-corrected chi connectivity index (χ2v) is 7.27. The molecule has 7 heteroatoms. The van der Waals surface area contributed by atoms with E-state index in [1.165, 1.54) is 12.1 Å². The van der Waals surface area contributed by atoms with Gasteiger partial charge in [0.25, 0.3) is 5.24 Å². The van der Waals surface area contributed by atoms with E-state index in [4.69, 9.17) is 0 Å². The summed E-state index contributed by atoms with van der Waals surface area (Å²) in [5, 5.41) is 10.9. The summed E-state index contributed by atoms with van der Waals surface area (Å²) >= 11 is 0.856. The first-order chi connectivity index (χ1) is 12.3. The number of hydrogen-bond acceptors (Lipinski definition) is 5. The SMILES string of the molecule is Cc1ccc(N2C(=O)SC(CC(=O)Nc3cccc(O)c3)C2=O)cc1C. The molecule has 3 rings (SSSR count). The van der Waals surface area contributed by atoms with Crippen molar-refractivity contribution in [3.63, 3.8) is 0 Å². The monoisotopic (exact) mass is 370 g/mol. The van der Waals surface area contributed by atoms with Gasteiger partial charge in [-0.2, -0.15) is 0 Å². The summed E-state index contributed by atoms with van der Waals surface area (Å²) in [5.74, 6) is -0.754. The highest BCUT2D eigenvalue weighted by Crippen LogP contribution is 2.34. The number of nitrogens with one attached hydrogen (secondary N) is 1. The smallest absolute Gasteiger partial charge is 0.293 e. The fraction of sp³-hybridized carbons (Fsp3) is 0.211. The van der Waals surface area contributed by atoms with Crippen molar-refractivity contribution in [2.45, 2.75) is 25.5 Å². The topological polar surface area (TPSA) is 86.7 Å². The minimum atomic E-state index is -0.763. The number of aryl methyl sites for hydroxylation is 2. The molecule has 0 saturated carbocycles. The van der Waals surface area contributed by atoms with Crippen LogP contribution in [0.3, 0.4) is 0 Å². The number of rotatable bonds is 4. The van der Waals surface area contributed by atoms with E-state index in [-0.39, 0.29) is 17.4 Å². The molecule has 1 saturated heterocycles. The Kier molecular flexibility index (Phi) is 4.99. The zero-order valence-electron chi connectivity index (χ0n) is 14.4. The van der Waals surface area contributed by atoms with E-state index in [0.717, 1.165) is 27.8 Å². The molecular formula is C19H18N2O4S. The lowest BCUT2D eigenvalue weighted by Gasteiger charge is -2.15. The molecule has 1 aliphatic rings. The van der Waals surface area contributed by atoms with Crippen molar-refractivity contribution in [3.8, 4) is 5.75 Å². The highest BCUT2D eigenvalue weighted by Gasteiger charge is 2.41. The van der Waals surface area contributed by atoms with Gasteiger partial charge in [0.15, 0.2) is 0 Å². The van der Waals surface area contributed by atoms with E-state index in [0.29, 0.717) is 11.4 Å². The van der Waals surface area contributed by atoms with Crippen molar-refractivity contribution in [2.75, 3.05) is 10.2 Å². The van der Waals surface area contributed by atoms with Crippen molar-refractivity contribution in [1.29, 1.82) is 0 Å². The number of carbonyl (C=O) groups excluding carboxylic acids is 3. The molecule has 1 unspecified atom stereocenters. The van der Waals surface area contributed by atoms with E-state index in [2.05, 4.69) is 5.32 Å². The molecule has 2 aromatic carbocycles. The Morgan fingerprint density at radius 2 is 1.92 bits per heavy atom. The number of phenols is 1. The van der Waals surface area contributed by atoms with Crippen LogP contribution in [-0.4, -0.2) is 27.4 Å². The summed E-state index contributed by atoms with van der Waals surface area (Å²) in [4.78, 5) is 38.2. The average molecular weight is 370 g/mol. The van der Waals surface area contributed by atoms with Crippen LogP contribution in [0.4, 0.5) is 16.2 Å². The molecule has 1 fully saturated rings. The summed E-state index contributed by atoms with van der Waals surface area (Å²) in [6, 6.07) is 11.5. The van der Waals surface area contributed by atoms with Crippen LogP contribution in [0.1, 0.15) is 17.5 Å². The zero-order chi connectivity index (χ0) is 18.8. The van der Waals surface area contributed by atoms with Gasteiger partial charge in [0.05, 0.1) is 5.69 Å². The Morgan fingerprint density at radius 3 is 2.62 bits per heavy atom. The van der Waals surface area contributed by atoms with Crippen molar-refractivity contribution in [2.24, 2.45) is 0 Å². The molecule has 0 spiro atoms.